The summed E-state index contributed by atoms with van der Waals surface area (Å²) in [5, 5.41) is 3.40. The Bertz CT molecular complexity index is 567. The minimum Gasteiger partial charge on any atom is -0.481 e. The number of rotatable bonds is 4. The van der Waals surface area contributed by atoms with E-state index in [2.05, 4.69) is 20.2 Å². The highest BCUT2D eigenvalue weighted by molar-refractivity contribution is 14.0. The second kappa shape index (κ2) is 10.1. The predicted molar refractivity (Wildman–Crippen MR) is 107 cm³/mol. The molecule has 2 aliphatic heterocycles. The van der Waals surface area contributed by atoms with Gasteiger partial charge in [0.1, 0.15) is 6.10 Å². The van der Waals surface area contributed by atoms with Crippen molar-refractivity contribution in [3.63, 3.8) is 0 Å². The highest BCUT2D eigenvalue weighted by atomic mass is 127. The van der Waals surface area contributed by atoms with E-state index in [0.717, 1.165) is 44.1 Å². The van der Waals surface area contributed by atoms with Crippen LogP contribution in [-0.4, -0.2) is 68.5 Å². The van der Waals surface area contributed by atoms with Crippen molar-refractivity contribution in [3.05, 3.63) is 23.9 Å². The van der Waals surface area contributed by atoms with E-state index in [9.17, 15) is 0 Å². The molecule has 8 heteroatoms. The standard InChI is InChI=1S/C17H26N4O3.HI/c1-18-17(20-11-13-5-3-7-19-16(13)22-2)21-8-10-24-15(12-21)14-6-4-9-23-14;/h3,5,7,14-15H,4,6,8-12H2,1-2H3,(H,18,20);1H. The third-order valence-corrected chi connectivity index (χ3v) is 4.46. The van der Waals surface area contributed by atoms with Crippen molar-refractivity contribution in [1.29, 1.82) is 0 Å². The molecule has 1 aromatic rings. The number of ether oxygens (including phenoxy) is 3. The Morgan fingerprint density at radius 1 is 1.40 bits per heavy atom. The molecule has 2 aliphatic rings. The van der Waals surface area contributed by atoms with Crippen molar-refractivity contribution in [2.45, 2.75) is 31.6 Å². The molecule has 2 atom stereocenters. The fourth-order valence-electron chi connectivity index (χ4n) is 3.24. The number of morpholine rings is 1. The van der Waals surface area contributed by atoms with Crippen LogP contribution >= 0.6 is 24.0 Å². The Morgan fingerprint density at radius 3 is 2.96 bits per heavy atom. The average Bonchev–Trinajstić information content (AvgIpc) is 3.17. The third-order valence-electron chi connectivity index (χ3n) is 4.46. The maximum atomic E-state index is 5.91. The Kier molecular flexibility index (Phi) is 8.17. The van der Waals surface area contributed by atoms with Gasteiger partial charge in [-0.05, 0) is 18.9 Å². The largest absolute Gasteiger partial charge is 0.481 e. The lowest BCUT2D eigenvalue weighted by Gasteiger charge is -2.37. The summed E-state index contributed by atoms with van der Waals surface area (Å²) in [7, 11) is 3.44. The molecule has 0 spiro atoms. The van der Waals surface area contributed by atoms with Gasteiger partial charge in [0.05, 0.1) is 19.8 Å². The summed E-state index contributed by atoms with van der Waals surface area (Å²) in [6.07, 6.45) is 4.26. The number of aromatic nitrogens is 1. The van der Waals surface area contributed by atoms with Gasteiger partial charge in [0.2, 0.25) is 5.88 Å². The normalized spacial score (nSPS) is 23.9. The average molecular weight is 462 g/mol. The van der Waals surface area contributed by atoms with Gasteiger partial charge in [0, 0.05) is 45.0 Å². The fraction of sp³-hybridized carbons (Fsp3) is 0.647. The molecule has 0 bridgehead atoms. The zero-order valence-corrected chi connectivity index (χ0v) is 17.1. The number of guanidine groups is 1. The van der Waals surface area contributed by atoms with Gasteiger partial charge in [-0.1, -0.05) is 6.07 Å². The molecule has 3 heterocycles. The van der Waals surface area contributed by atoms with Crippen molar-refractivity contribution in [2.75, 3.05) is 40.5 Å². The molecule has 0 amide bonds. The molecule has 0 radical (unpaired) electrons. The van der Waals surface area contributed by atoms with Crippen LogP contribution in [0, 0.1) is 0 Å². The van der Waals surface area contributed by atoms with E-state index in [0.29, 0.717) is 19.0 Å². The first-order valence-corrected chi connectivity index (χ1v) is 8.48. The van der Waals surface area contributed by atoms with Gasteiger partial charge in [-0.25, -0.2) is 4.98 Å². The first kappa shape index (κ1) is 20.2. The number of hydrogen-bond donors (Lipinski definition) is 1. The maximum absolute atomic E-state index is 5.91. The molecule has 7 nitrogen and oxygen atoms in total. The Hall–Kier alpha value is -1.13. The van der Waals surface area contributed by atoms with E-state index >= 15 is 0 Å². The number of nitrogens with one attached hydrogen (secondary N) is 1. The van der Waals surface area contributed by atoms with E-state index in [-0.39, 0.29) is 36.2 Å². The van der Waals surface area contributed by atoms with Crippen LogP contribution in [0.1, 0.15) is 18.4 Å². The summed E-state index contributed by atoms with van der Waals surface area (Å²) in [5.74, 6) is 1.51. The van der Waals surface area contributed by atoms with Gasteiger partial charge in [-0.15, -0.1) is 24.0 Å². The monoisotopic (exact) mass is 462 g/mol. The lowest BCUT2D eigenvalue weighted by molar-refractivity contribution is -0.0817. The Morgan fingerprint density at radius 2 is 2.24 bits per heavy atom. The molecule has 0 aliphatic carbocycles. The van der Waals surface area contributed by atoms with E-state index in [1.165, 1.54) is 0 Å². The van der Waals surface area contributed by atoms with E-state index < -0.39 is 0 Å². The minimum absolute atomic E-state index is 0. The molecule has 3 rings (SSSR count). The van der Waals surface area contributed by atoms with E-state index in [4.69, 9.17) is 14.2 Å². The summed E-state index contributed by atoms with van der Waals surface area (Å²) in [4.78, 5) is 10.9. The van der Waals surface area contributed by atoms with Crippen LogP contribution in [0.25, 0.3) is 0 Å². The number of nitrogens with zero attached hydrogens (tertiary/aromatic N) is 3. The number of halogens is 1. The number of hydrogen-bond acceptors (Lipinski definition) is 5. The van der Waals surface area contributed by atoms with Crippen molar-refractivity contribution in [2.24, 2.45) is 4.99 Å². The van der Waals surface area contributed by atoms with Gasteiger partial charge in [-0.2, -0.15) is 0 Å². The molecule has 25 heavy (non-hydrogen) atoms. The highest BCUT2D eigenvalue weighted by Crippen LogP contribution is 2.21. The molecular weight excluding hydrogens is 435 g/mol. The first-order valence-electron chi connectivity index (χ1n) is 8.48. The smallest absolute Gasteiger partial charge is 0.218 e. The number of pyridine rings is 1. The van der Waals surface area contributed by atoms with Gasteiger partial charge in [0.25, 0.3) is 0 Å². The molecule has 2 unspecified atom stereocenters. The molecule has 1 aromatic heterocycles. The molecule has 140 valence electrons. The summed E-state index contributed by atoms with van der Waals surface area (Å²) in [6.45, 7) is 3.78. The molecule has 0 saturated carbocycles. The van der Waals surface area contributed by atoms with Crippen LogP contribution in [0.4, 0.5) is 0 Å². The van der Waals surface area contributed by atoms with Crippen molar-refractivity contribution >= 4 is 29.9 Å². The molecule has 1 N–H and O–H groups in total. The van der Waals surface area contributed by atoms with Gasteiger partial charge < -0.3 is 24.4 Å². The van der Waals surface area contributed by atoms with Crippen LogP contribution in [0.5, 0.6) is 5.88 Å². The van der Waals surface area contributed by atoms with Crippen LogP contribution < -0.4 is 10.1 Å². The van der Waals surface area contributed by atoms with Crippen LogP contribution in [-0.2, 0) is 16.0 Å². The fourth-order valence-corrected chi connectivity index (χ4v) is 3.24. The third kappa shape index (κ3) is 5.18. The van der Waals surface area contributed by atoms with Crippen molar-refractivity contribution in [1.82, 2.24) is 15.2 Å². The molecule has 2 saturated heterocycles. The van der Waals surface area contributed by atoms with Crippen molar-refractivity contribution in [3.8, 4) is 5.88 Å². The number of methoxy groups -OCH3 is 1. The van der Waals surface area contributed by atoms with Gasteiger partial charge >= 0.3 is 0 Å². The molecular formula is C17H27IN4O3. The Labute approximate surface area is 166 Å². The summed E-state index contributed by atoms with van der Waals surface area (Å²) in [5.41, 5.74) is 1.00. The van der Waals surface area contributed by atoms with Gasteiger partial charge in [-0.3, -0.25) is 4.99 Å². The van der Waals surface area contributed by atoms with Crippen LogP contribution in [0.2, 0.25) is 0 Å². The predicted octanol–water partition coefficient (Wildman–Crippen LogP) is 1.66. The van der Waals surface area contributed by atoms with E-state index in [1.54, 1.807) is 20.4 Å². The zero-order valence-electron chi connectivity index (χ0n) is 14.8. The van der Waals surface area contributed by atoms with Crippen molar-refractivity contribution < 1.29 is 14.2 Å². The zero-order chi connectivity index (χ0) is 16.8. The maximum Gasteiger partial charge on any atom is 0.218 e. The summed E-state index contributed by atoms with van der Waals surface area (Å²) >= 11 is 0. The SMILES string of the molecule is CN=C(NCc1cccnc1OC)N1CCOC(C2CCCO2)C1.I. The topological polar surface area (TPSA) is 68.2 Å². The second-order valence-corrected chi connectivity index (χ2v) is 5.98. The lowest BCUT2D eigenvalue weighted by atomic mass is 10.1. The summed E-state index contributed by atoms with van der Waals surface area (Å²) < 4.78 is 17.0. The van der Waals surface area contributed by atoms with Gasteiger partial charge in [0.15, 0.2) is 5.96 Å². The lowest BCUT2D eigenvalue weighted by Crippen LogP contribution is -2.53. The van der Waals surface area contributed by atoms with Crippen LogP contribution in [0.3, 0.4) is 0 Å². The van der Waals surface area contributed by atoms with E-state index in [1.807, 2.05) is 12.1 Å². The molecule has 2 fully saturated rings. The second-order valence-electron chi connectivity index (χ2n) is 5.98. The molecule has 0 aromatic carbocycles. The first-order chi connectivity index (χ1) is 11.8. The van der Waals surface area contributed by atoms with Crippen LogP contribution in [0.15, 0.2) is 23.3 Å². The highest BCUT2D eigenvalue weighted by Gasteiger charge is 2.32. The number of aliphatic imine (C=N–C) groups is 1. The summed E-state index contributed by atoms with van der Waals surface area (Å²) in [6, 6.07) is 3.91. The quantitative estimate of drug-likeness (QED) is 0.417. The minimum atomic E-state index is 0. The Balaban J connectivity index is 0.00000225.